The summed E-state index contributed by atoms with van der Waals surface area (Å²) in [5.74, 6) is 1.82. The molecule has 1 aliphatic rings. The second-order valence-electron chi connectivity index (χ2n) is 6.24. The molecule has 0 amide bonds. The Morgan fingerprint density at radius 1 is 1.30 bits per heavy atom. The summed E-state index contributed by atoms with van der Waals surface area (Å²) in [5, 5.41) is 6.79. The Morgan fingerprint density at radius 2 is 2.04 bits per heavy atom. The van der Waals surface area contributed by atoms with E-state index in [2.05, 4.69) is 46.5 Å². The van der Waals surface area contributed by atoms with Crippen LogP contribution in [0.3, 0.4) is 0 Å². The largest absolute Gasteiger partial charge is 0.356 e. The molecule has 4 nitrogen and oxygen atoms in total. The van der Waals surface area contributed by atoms with E-state index in [0.717, 1.165) is 25.0 Å². The molecule has 0 aromatic carbocycles. The number of hydrogen-bond acceptors (Lipinski definition) is 3. The van der Waals surface area contributed by atoms with Gasteiger partial charge in [0.1, 0.15) is 0 Å². The molecule has 2 heterocycles. The molecule has 0 spiro atoms. The van der Waals surface area contributed by atoms with Crippen molar-refractivity contribution in [3.63, 3.8) is 0 Å². The van der Waals surface area contributed by atoms with Crippen LogP contribution in [0.4, 0.5) is 0 Å². The molecule has 0 radical (unpaired) electrons. The lowest BCUT2D eigenvalue weighted by atomic mass is 9.99. The van der Waals surface area contributed by atoms with Crippen molar-refractivity contribution in [2.75, 3.05) is 33.2 Å². The van der Waals surface area contributed by atoms with Crippen molar-refractivity contribution in [2.24, 2.45) is 10.9 Å². The molecule has 1 aliphatic heterocycles. The minimum Gasteiger partial charge on any atom is -0.356 e. The lowest BCUT2D eigenvalue weighted by Gasteiger charge is -2.30. The van der Waals surface area contributed by atoms with Crippen LogP contribution in [-0.2, 0) is 6.54 Å². The van der Waals surface area contributed by atoms with Gasteiger partial charge < -0.3 is 15.5 Å². The number of piperidine rings is 1. The summed E-state index contributed by atoms with van der Waals surface area (Å²) in [7, 11) is 1.83. The SMILES string of the molecule is CN=C(NCCCN1CCC(C)CC1)NCc1ccc(C)s1.I. The van der Waals surface area contributed by atoms with E-state index < -0.39 is 0 Å². The van der Waals surface area contributed by atoms with E-state index in [1.165, 1.54) is 48.7 Å². The summed E-state index contributed by atoms with van der Waals surface area (Å²) in [5.41, 5.74) is 0. The van der Waals surface area contributed by atoms with E-state index in [9.17, 15) is 0 Å². The van der Waals surface area contributed by atoms with Crippen LogP contribution >= 0.6 is 35.3 Å². The minimum absolute atomic E-state index is 0. The zero-order chi connectivity index (χ0) is 15.8. The van der Waals surface area contributed by atoms with Crippen molar-refractivity contribution in [1.29, 1.82) is 0 Å². The highest BCUT2D eigenvalue weighted by molar-refractivity contribution is 14.0. The Labute approximate surface area is 162 Å². The summed E-state index contributed by atoms with van der Waals surface area (Å²) in [6.45, 7) is 10.1. The maximum Gasteiger partial charge on any atom is 0.191 e. The first kappa shape index (κ1) is 20.7. The van der Waals surface area contributed by atoms with Crippen molar-refractivity contribution < 1.29 is 0 Å². The number of likely N-dealkylation sites (tertiary alicyclic amines) is 1. The number of hydrogen-bond donors (Lipinski definition) is 2. The number of aryl methyl sites for hydroxylation is 1. The number of aliphatic imine (C=N–C) groups is 1. The summed E-state index contributed by atoms with van der Waals surface area (Å²) in [6, 6.07) is 4.34. The summed E-state index contributed by atoms with van der Waals surface area (Å²) in [4.78, 5) is 9.59. The molecule has 0 saturated carbocycles. The van der Waals surface area contributed by atoms with Crippen molar-refractivity contribution >= 4 is 41.3 Å². The van der Waals surface area contributed by atoms with Gasteiger partial charge in [-0.2, -0.15) is 0 Å². The molecular weight excluding hydrogens is 419 g/mol. The highest BCUT2D eigenvalue weighted by Crippen LogP contribution is 2.16. The summed E-state index contributed by atoms with van der Waals surface area (Å²) in [6.07, 6.45) is 3.89. The zero-order valence-electron chi connectivity index (χ0n) is 14.6. The second-order valence-corrected chi connectivity index (χ2v) is 7.62. The Morgan fingerprint density at radius 3 is 2.65 bits per heavy atom. The maximum absolute atomic E-state index is 4.29. The third-order valence-corrected chi connectivity index (χ3v) is 5.27. The normalized spacial score (nSPS) is 16.9. The van der Waals surface area contributed by atoms with E-state index >= 15 is 0 Å². The number of nitrogens with one attached hydrogen (secondary N) is 2. The zero-order valence-corrected chi connectivity index (χ0v) is 17.7. The Balaban J connectivity index is 0.00000264. The van der Waals surface area contributed by atoms with Crippen LogP contribution in [0.15, 0.2) is 17.1 Å². The maximum atomic E-state index is 4.29. The first-order valence-corrected chi connectivity index (χ1v) is 9.21. The van der Waals surface area contributed by atoms with E-state index in [1.807, 2.05) is 18.4 Å². The van der Waals surface area contributed by atoms with Gasteiger partial charge in [0.05, 0.1) is 6.54 Å². The Hall–Kier alpha value is -0.340. The van der Waals surface area contributed by atoms with Crippen LogP contribution in [0.25, 0.3) is 0 Å². The average Bonchev–Trinajstić information content (AvgIpc) is 2.94. The minimum atomic E-state index is 0. The van der Waals surface area contributed by atoms with Gasteiger partial charge >= 0.3 is 0 Å². The molecule has 23 heavy (non-hydrogen) atoms. The standard InChI is InChI=1S/C17H30N4S.HI/c1-14-7-11-21(12-8-14)10-4-9-19-17(18-3)20-13-16-6-5-15(2)22-16;/h5-6,14H,4,7-13H2,1-3H3,(H2,18,19,20);1H. The fraction of sp³-hybridized carbons (Fsp3) is 0.706. The molecule has 2 rings (SSSR count). The van der Waals surface area contributed by atoms with Crippen LogP contribution in [-0.4, -0.2) is 44.1 Å². The van der Waals surface area contributed by atoms with Gasteiger partial charge in [-0.3, -0.25) is 4.99 Å². The van der Waals surface area contributed by atoms with E-state index in [0.29, 0.717) is 0 Å². The van der Waals surface area contributed by atoms with Gasteiger partial charge in [-0.25, -0.2) is 0 Å². The first-order chi connectivity index (χ1) is 10.7. The van der Waals surface area contributed by atoms with Gasteiger partial charge in [0.25, 0.3) is 0 Å². The number of guanidine groups is 1. The topological polar surface area (TPSA) is 39.7 Å². The molecule has 132 valence electrons. The molecule has 1 saturated heterocycles. The fourth-order valence-corrected chi connectivity index (χ4v) is 3.60. The molecule has 1 aromatic heterocycles. The lowest BCUT2D eigenvalue weighted by molar-refractivity contribution is 0.191. The molecule has 1 aromatic rings. The predicted molar refractivity (Wildman–Crippen MR) is 112 cm³/mol. The van der Waals surface area contributed by atoms with Gasteiger partial charge in [0, 0.05) is 23.3 Å². The highest BCUT2D eigenvalue weighted by Gasteiger charge is 2.14. The highest BCUT2D eigenvalue weighted by atomic mass is 127. The summed E-state index contributed by atoms with van der Waals surface area (Å²) >= 11 is 1.84. The number of halogens is 1. The van der Waals surface area contributed by atoms with Crippen LogP contribution in [0.1, 0.15) is 35.9 Å². The van der Waals surface area contributed by atoms with Gasteiger partial charge in [0.2, 0.25) is 0 Å². The third kappa shape index (κ3) is 7.85. The third-order valence-electron chi connectivity index (χ3n) is 4.27. The van der Waals surface area contributed by atoms with Crippen LogP contribution in [0, 0.1) is 12.8 Å². The Bertz CT molecular complexity index is 467. The fourth-order valence-electron chi connectivity index (χ4n) is 2.77. The molecule has 0 bridgehead atoms. The van der Waals surface area contributed by atoms with Crippen LogP contribution in [0.5, 0.6) is 0 Å². The van der Waals surface area contributed by atoms with Gasteiger partial charge in [-0.15, -0.1) is 35.3 Å². The number of nitrogens with zero attached hydrogens (tertiary/aromatic N) is 2. The van der Waals surface area contributed by atoms with Crippen LogP contribution in [0.2, 0.25) is 0 Å². The predicted octanol–water partition coefficient (Wildman–Crippen LogP) is 3.46. The van der Waals surface area contributed by atoms with Gasteiger partial charge in [-0.1, -0.05) is 6.92 Å². The Kier molecular flexibility index (Phi) is 10.1. The van der Waals surface area contributed by atoms with Crippen LogP contribution < -0.4 is 10.6 Å². The van der Waals surface area contributed by atoms with Crippen molar-refractivity contribution in [3.8, 4) is 0 Å². The molecule has 2 N–H and O–H groups in total. The van der Waals surface area contributed by atoms with E-state index in [1.54, 1.807) is 0 Å². The quantitative estimate of drug-likeness (QED) is 0.302. The van der Waals surface area contributed by atoms with Crippen molar-refractivity contribution in [2.45, 2.75) is 39.7 Å². The number of rotatable bonds is 6. The summed E-state index contributed by atoms with van der Waals surface area (Å²) < 4.78 is 0. The first-order valence-electron chi connectivity index (χ1n) is 8.39. The monoisotopic (exact) mass is 450 g/mol. The van der Waals surface area contributed by atoms with E-state index in [-0.39, 0.29) is 24.0 Å². The number of thiophene rings is 1. The molecule has 1 fully saturated rings. The van der Waals surface area contributed by atoms with Crippen molar-refractivity contribution in [3.05, 3.63) is 21.9 Å². The van der Waals surface area contributed by atoms with Gasteiger partial charge in [-0.05, 0) is 63.9 Å². The molecule has 0 atom stereocenters. The average molecular weight is 450 g/mol. The molecule has 0 aliphatic carbocycles. The molecule has 6 heteroatoms. The second kappa shape index (κ2) is 11.3. The molecular formula is C17H31IN4S. The molecule has 0 unspecified atom stereocenters. The van der Waals surface area contributed by atoms with Crippen molar-refractivity contribution in [1.82, 2.24) is 15.5 Å². The van der Waals surface area contributed by atoms with E-state index in [4.69, 9.17) is 0 Å². The van der Waals surface area contributed by atoms with Gasteiger partial charge in [0.15, 0.2) is 5.96 Å². The lowest BCUT2D eigenvalue weighted by Crippen LogP contribution is -2.39. The smallest absolute Gasteiger partial charge is 0.191 e.